The smallest absolute Gasteiger partial charge is 0.309 e. The maximum absolute atomic E-state index is 11.8. The summed E-state index contributed by atoms with van der Waals surface area (Å²) in [5.74, 6) is -1.23. The molecule has 0 spiro atoms. The molecule has 1 N–H and O–H groups in total. The minimum atomic E-state index is -0.937. The monoisotopic (exact) mass is 255 g/mol. The molecule has 0 aromatic carbocycles. The lowest BCUT2D eigenvalue weighted by Crippen LogP contribution is -2.46. The first kappa shape index (κ1) is 14.7. The quantitative estimate of drug-likeness (QED) is 0.607. The van der Waals surface area contributed by atoms with Crippen LogP contribution < -0.4 is 5.32 Å². The Balaban J connectivity index is 2.65. The first-order chi connectivity index (χ1) is 8.03. The molecule has 0 aromatic heterocycles. The number of ketones is 1. The molecule has 5 heteroatoms. The van der Waals surface area contributed by atoms with Gasteiger partial charge >= 0.3 is 5.97 Å². The van der Waals surface area contributed by atoms with Crippen molar-refractivity contribution in [1.82, 2.24) is 5.32 Å². The zero-order valence-electron chi connectivity index (χ0n) is 11.6. The summed E-state index contributed by atoms with van der Waals surface area (Å²) in [7, 11) is 0. The highest BCUT2D eigenvalue weighted by Crippen LogP contribution is 2.25. The Bertz CT molecular complexity index is 383. The van der Waals surface area contributed by atoms with Crippen LogP contribution in [0.25, 0.3) is 0 Å². The predicted molar refractivity (Wildman–Crippen MR) is 65.8 cm³/mol. The Labute approximate surface area is 107 Å². The van der Waals surface area contributed by atoms with E-state index in [4.69, 9.17) is 4.74 Å². The van der Waals surface area contributed by atoms with E-state index in [-0.39, 0.29) is 30.5 Å². The van der Waals surface area contributed by atoms with E-state index in [0.29, 0.717) is 0 Å². The van der Waals surface area contributed by atoms with Crippen LogP contribution in [0.1, 0.15) is 47.5 Å². The molecule has 0 aromatic rings. The van der Waals surface area contributed by atoms with Crippen molar-refractivity contribution in [2.75, 3.05) is 0 Å². The molecule has 1 saturated heterocycles. The Hall–Kier alpha value is -1.39. The molecule has 18 heavy (non-hydrogen) atoms. The number of amides is 1. The summed E-state index contributed by atoms with van der Waals surface area (Å²) in [5, 5.41) is 2.63. The van der Waals surface area contributed by atoms with Gasteiger partial charge in [-0.3, -0.25) is 14.4 Å². The lowest BCUT2D eigenvalue weighted by Gasteiger charge is -2.27. The van der Waals surface area contributed by atoms with Crippen molar-refractivity contribution in [2.24, 2.45) is 5.92 Å². The van der Waals surface area contributed by atoms with Gasteiger partial charge in [0, 0.05) is 0 Å². The van der Waals surface area contributed by atoms with Crippen LogP contribution in [-0.4, -0.2) is 28.8 Å². The molecular formula is C13H21NO4. The number of ether oxygens (including phenoxy) is 1. The summed E-state index contributed by atoms with van der Waals surface area (Å²) in [6.45, 7) is 8.74. The molecule has 1 amide bonds. The Morgan fingerprint density at radius 2 is 2.00 bits per heavy atom. The van der Waals surface area contributed by atoms with Crippen LogP contribution in [0.15, 0.2) is 0 Å². The number of esters is 1. The summed E-state index contributed by atoms with van der Waals surface area (Å²) in [5.41, 5.74) is -1.48. The van der Waals surface area contributed by atoms with E-state index < -0.39 is 17.1 Å². The van der Waals surface area contributed by atoms with Gasteiger partial charge in [-0.2, -0.15) is 0 Å². The van der Waals surface area contributed by atoms with E-state index in [1.54, 1.807) is 34.6 Å². The van der Waals surface area contributed by atoms with Crippen molar-refractivity contribution in [3.8, 4) is 0 Å². The standard InChI is InChI=1S/C13H21NO4/c1-8(11(17)18-12(2,3)4)7-13(5)9(15)6-10(16)14-13/h8H,6-7H2,1-5H3,(H,14,16). The first-order valence-corrected chi connectivity index (χ1v) is 6.11. The lowest BCUT2D eigenvalue weighted by atomic mass is 9.87. The van der Waals surface area contributed by atoms with Crippen molar-refractivity contribution >= 4 is 17.7 Å². The van der Waals surface area contributed by atoms with Crippen molar-refractivity contribution < 1.29 is 19.1 Å². The van der Waals surface area contributed by atoms with Crippen LogP contribution in [0.4, 0.5) is 0 Å². The minimum absolute atomic E-state index is 0.0997. The molecular weight excluding hydrogens is 234 g/mol. The summed E-state index contributed by atoms with van der Waals surface area (Å²) in [6.07, 6.45) is 0.171. The highest BCUT2D eigenvalue weighted by atomic mass is 16.6. The summed E-state index contributed by atoms with van der Waals surface area (Å²) in [4.78, 5) is 34.7. The molecule has 1 heterocycles. The van der Waals surface area contributed by atoms with Gasteiger partial charge in [0.15, 0.2) is 5.78 Å². The molecule has 0 radical (unpaired) electrons. The van der Waals surface area contributed by atoms with Crippen molar-refractivity contribution in [2.45, 2.75) is 58.6 Å². The van der Waals surface area contributed by atoms with Crippen LogP contribution in [0.2, 0.25) is 0 Å². The highest BCUT2D eigenvalue weighted by molar-refractivity contribution is 6.10. The van der Waals surface area contributed by atoms with E-state index >= 15 is 0 Å². The summed E-state index contributed by atoms with van der Waals surface area (Å²) in [6, 6.07) is 0. The third-order valence-corrected chi connectivity index (χ3v) is 2.88. The lowest BCUT2D eigenvalue weighted by molar-refractivity contribution is -0.160. The van der Waals surface area contributed by atoms with Gasteiger partial charge < -0.3 is 10.1 Å². The number of hydrogen-bond acceptors (Lipinski definition) is 4. The molecule has 2 unspecified atom stereocenters. The number of hydrogen-bond donors (Lipinski definition) is 1. The van der Waals surface area contributed by atoms with E-state index in [0.717, 1.165) is 0 Å². The Morgan fingerprint density at radius 3 is 2.39 bits per heavy atom. The van der Waals surface area contributed by atoms with E-state index in [1.165, 1.54) is 0 Å². The zero-order valence-corrected chi connectivity index (χ0v) is 11.6. The molecule has 5 nitrogen and oxygen atoms in total. The van der Waals surface area contributed by atoms with Gasteiger partial charge in [-0.15, -0.1) is 0 Å². The number of Topliss-reactive ketones (excluding diaryl/α,β-unsaturated/α-hetero) is 1. The van der Waals surface area contributed by atoms with Gasteiger partial charge in [-0.1, -0.05) is 6.92 Å². The summed E-state index contributed by atoms with van der Waals surface area (Å²) < 4.78 is 5.25. The molecule has 0 saturated carbocycles. The normalized spacial score (nSPS) is 25.8. The molecule has 102 valence electrons. The number of nitrogens with one attached hydrogen (secondary N) is 1. The van der Waals surface area contributed by atoms with Crippen LogP contribution >= 0.6 is 0 Å². The maximum atomic E-state index is 11.8. The van der Waals surface area contributed by atoms with Gasteiger partial charge in [-0.05, 0) is 34.1 Å². The van der Waals surface area contributed by atoms with Crippen LogP contribution in [0, 0.1) is 5.92 Å². The highest BCUT2D eigenvalue weighted by Gasteiger charge is 2.43. The topological polar surface area (TPSA) is 72.5 Å². The van der Waals surface area contributed by atoms with Gasteiger partial charge in [0.1, 0.15) is 5.60 Å². The van der Waals surface area contributed by atoms with Gasteiger partial charge in [-0.25, -0.2) is 0 Å². The second-order valence-corrected chi connectivity index (χ2v) is 6.12. The average molecular weight is 255 g/mol. The fourth-order valence-corrected chi connectivity index (χ4v) is 2.03. The number of carbonyl (C=O) groups is 3. The molecule has 1 rings (SSSR count). The van der Waals surface area contributed by atoms with E-state index in [9.17, 15) is 14.4 Å². The first-order valence-electron chi connectivity index (χ1n) is 6.11. The predicted octanol–water partition coefficient (Wildman–Crippen LogP) is 1.20. The minimum Gasteiger partial charge on any atom is -0.460 e. The fourth-order valence-electron chi connectivity index (χ4n) is 2.03. The van der Waals surface area contributed by atoms with Gasteiger partial charge in [0.25, 0.3) is 0 Å². The summed E-state index contributed by atoms with van der Waals surface area (Å²) >= 11 is 0. The molecule has 0 aliphatic carbocycles. The average Bonchev–Trinajstić information content (AvgIpc) is 2.37. The van der Waals surface area contributed by atoms with Gasteiger partial charge in [0.05, 0.1) is 17.9 Å². The molecule has 0 bridgehead atoms. The molecule has 1 aliphatic heterocycles. The Morgan fingerprint density at radius 1 is 1.44 bits per heavy atom. The largest absolute Gasteiger partial charge is 0.460 e. The van der Waals surface area contributed by atoms with Crippen molar-refractivity contribution in [1.29, 1.82) is 0 Å². The molecule has 1 aliphatic rings. The van der Waals surface area contributed by atoms with E-state index in [1.807, 2.05) is 0 Å². The van der Waals surface area contributed by atoms with Gasteiger partial charge in [0.2, 0.25) is 5.91 Å². The maximum Gasteiger partial charge on any atom is 0.309 e. The molecule has 2 atom stereocenters. The fraction of sp³-hybridized carbons (Fsp3) is 0.769. The Kier molecular flexibility index (Phi) is 3.84. The van der Waals surface area contributed by atoms with Crippen LogP contribution in [-0.2, 0) is 19.1 Å². The van der Waals surface area contributed by atoms with Crippen LogP contribution in [0.3, 0.4) is 0 Å². The number of carbonyl (C=O) groups excluding carboxylic acids is 3. The third-order valence-electron chi connectivity index (χ3n) is 2.88. The van der Waals surface area contributed by atoms with Crippen LogP contribution in [0.5, 0.6) is 0 Å². The third kappa shape index (κ3) is 3.55. The van der Waals surface area contributed by atoms with Crippen molar-refractivity contribution in [3.05, 3.63) is 0 Å². The SMILES string of the molecule is CC(CC1(C)NC(=O)CC1=O)C(=O)OC(C)(C)C. The van der Waals surface area contributed by atoms with Crippen molar-refractivity contribution in [3.63, 3.8) is 0 Å². The second-order valence-electron chi connectivity index (χ2n) is 6.12. The van der Waals surface area contributed by atoms with E-state index in [2.05, 4.69) is 5.32 Å². The number of rotatable bonds is 3. The zero-order chi connectivity index (χ0) is 14.1. The second kappa shape index (κ2) is 4.71. The molecule has 1 fully saturated rings.